The Kier molecular flexibility index (Phi) is 3.53. The molecule has 1 atom stereocenters. The normalized spacial score (nSPS) is 19.5. The zero-order valence-corrected chi connectivity index (χ0v) is 10.1. The Hall–Kier alpha value is -1.69. The van der Waals surface area contributed by atoms with Gasteiger partial charge in [0.25, 0.3) is 0 Å². The van der Waals surface area contributed by atoms with Crippen LogP contribution in [0.2, 0.25) is 0 Å². The summed E-state index contributed by atoms with van der Waals surface area (Å²) in [5.74, 6) is 0.684. The number of carbonyl (C=O) groups excluding carboxylic acids is 1. The van der Waals surface area contributed by atoms with Gasteiger partial charge in [-0.15, -0.1) is 0 Å². The summed E-state index contributed by atoms with van der Waals surface area (Å²) in [5.41, 5.74) is 6.20. The maximum Gasteiger partial charge on any atom is 0.242 e. The lowest BCUT2D eigenvalue weighted by Gasteiger charge is -2.23. The maximum absolute atomic E-state index is 11.5. The van der Waals surface area contributed by atoms with Gasteiger partial charge in [-0.25, -0.2) is 4.98 Å². The van der Waals surface area contributed by atoms with Gasteiger partial charge in [0.05, 0.1) is 0 Å². The van der Waals surface area contributed by atoms with Gasteiger partial charge in [0.15, 0.2) is 0 Å². The van der Waals surface area contributed by atoms with E-state index in [1.165, 1.54) is 0 Å². The molecule has 2 rings (SSSR count). The number of nitrogens with zero attached hydrogens (tertiary/aromatic N) is 1. The SMILES string of the molecule is NC(=S)c1ccc(NC2CCCNC2=O)nc1. The van der Waals surface area contributed by atoms with Gasteiger partial charge in [0.2, 0.25) is 5.91 Å². The van der Waals surface area contributed by atoms with Crippen LogP contribution in [0.25, 0.3) is 0 Å². The number of pyridine rings is 1. The van der Waals surface area contributed by atoms with E-state index in [2.05, 4.69) is 15.6 Å². The van der Waals surface area contributed by atoms with E-state index in [4.69, 9.17) is 18.0 Å². The Balaban J connectivity index is 2.03. The number of amides is 1. The highest BCUT2D eigenvalue weighted by Gasteiger charge is 2.21. The summed E-state index contributed by atoms with van der Waals surface area (Å²) in [5, 5.41) is 5.90. The number of thiocarbonyl (C=S) groups is 1. The van der Waals surface area contributed by atoms with E-state index in [-0.39, 0.29) is 11.9 Å². The summed E-state index contributed by atoms with van der Waals surface area (Å²) in [6.45, 7) is 0.755. The third-order valence-electron chi connectivity index (χ3n) is 2.66. The highest BCUT2D eigenvalue weighted by Crippen LogP contribution is 2.11. The van der Waals surface area contributed by atoms with E-state index < -0.39 is 0 Å². The number of aromatic nitrogens is 1. The molecule has 1 saturated heterocycles. The molecule has 2 heterocycles. The second-order valence-electron chi connectivity index (χ2n) is 3.93. The lowest BCUT2D eigenvalue weighted by molar-refractivity contribution is -0.123. The minimum atomic E-state index is -0.202. The van der Waals surface area contributed by atoms with Crippen LogP contribution >= 0.6 is 12.2 Å². The van der Waals surface area contributed by atoms with Crippen molar-refractivity contribution in [1.29, 1.82) is 0 Å². The van der Waals surface area contributed by atoms with Crippen molar-refractivity contribution in [3.8, 4) is 0 Å². The summed E-state index contributed by atoms with van der Waals surface area (Å²) in [6, 6.07) is 3.36. The number of piperidine rings is 1. The number of carbonyl (C=O) groups is 1. The van der Waals surface area contributed by atoms with Crippen LogP contribution in [0.15, 0.2) is 18.3 Å². The number of anilines is 1. The molecule has 0 spiro atoms. The largest absolute Gasteiger partial charge is 0.389 e. The molecule has 0 aliphatic carbocycles. The van der Waals surface area contributed by atoms with Crippen molar-refractivity contribution in [2.24, 2.45) is 5.73 Å². The molecule has 0 aromatic carbocycles. The first-order valence-electron chi connectivity index (χ1n) is 5.47. The van der Waals surface area contributed by atoms with Crippen LogP contribution in [-0.4, -0.2) is 28.5 Å². The van der Waals surface area contributed by atoms with Crippen molar-refractivity contribution in [2.75, 3.05) is 11.9 Å². The van der Waals surface area contributed by atoms with Crippen LogP contribution in [0, 0.1) is 0 Å². The van der Waals surface area contributed by atoms with Gasteiger partial charge in [0, 0.05) is 18.3 Å². The molecule has 0 bridgehead atoms. The summed E-state index contributed by atoms with van der Waals surface area (Å²) >= 11 is 4.84. The van der Waals surface area contributed by atoms with Crippen molar-refractivity contribution >= 4 is 28.9 Å². The highest BCUT2D eigenvalue weighted by atomic mass is 32.1. The third kappa shape index (κ3) is 2.91. The summed E-state index contributed by atoms with van der Waals surface area (Å²) < 4.78 is 0. The monoisotopic (exact) mass is 250 g/mol. The molecule has 1 aromatic rings. The van der Waals surface area contributed by atoms with Gasteiger partial charge in [-0.2, -0.15) is 0 Å². The fourth-order valence-electron chi connectivity index (χ4n) is 1.71. The van der Waals surface area contributed by atoms with Crippen molar-refractivity contribution in [3.05, 3.63) is 23.9 Å². The molecular formula is C11H14N4OS. The second kappa shape index (κ2) is 5.09. The molecule has 4 N–H and O–H groups in total. The predicted octanol–water partition coefficient (Wildman–Crippen LogP) is 0.406. The minimum Gasteiger partial charge on any atom is -0.389 e. The topological polar surface area (TPSA) is 80.0 Å². The zero-order valence-electron chi connectivity index (χ0n) is 9.27. The maximum atomic E-state index is 11.5. The quantitative estimate of drug-likeness (QED) is 0.677. The smallest absolute Gasteiger partial charge is 0.242 e. The Morgan fingerprint density at radius 1 is 1.59 bits per heavy atom. The molecule has 17 heavy (non-hydrogen) atoms. The average Bonchev–Trinajstić information content (AvgIpc) is 2.33. The van der Waals surface area contributed by atoms with Crippen LogP contribution in [-0.2, 0) is 4.79 Å². The molecule has 0 radical (unpaired) electrons. The molecule has 1 amide bonds. The molecule has 90 valence electrons. The number of hydrogen-bond donors (Lipinski definition) is 3. The van der Waals surface area contributed by atoms with E-state index in [1.807, 2.05) is 0 Å². The van der Waals surface area contributed by atoms with Crippen molar-refractivity contribution in [3.63, 3.8) is 0 Å². The molecule has 5 nitrogen and oxygen atoms in total. The summed E-state index contributed by atoms with van der Waals surface area (Å²) in [7, 11) is 0. The Morgan fingerprint density at radius 2 is 2.41 bits per heavy atom. The molecule has 6 heteroatoms. The van der Waals surface area contributed by atoms with Crippen molar-refractivity contribution < 1.29 is 4.79 Å². The number of nitrogens with two attached hydrogens (primary N) is 1. The second-order valence-corrected chi connectivity index (χ2v) is 4.37. The molecule has 0 saturated carbocycles. The van der Waals surface area contributed by atoms with Crippen LogP contribution < -0.4 is 16.4 Å². The lowest BCUT2D eigenvalue weighted by atomic mass is 10.1. The standard InChI is InChI=1S/C11H14N4OS/c12-10(17)7-3-4-9(14-6-7)15-8-2-1-5-13-11(8)16/h3-4,6,8H,1-2,5H2,(H2,12,17)(H,13,16)(H,14,15). The number of nitrogens with one attached hydrogen (secondary N) is 2. The van der Waals surface area contributed by atoms with Gasteiger partial charge in [0.1, 0.15) is 16.8 Å². The first kappa shape index (κ1) is 11.8. The Bertz CT molecular complexity index is 432. The van der Waals surface area contributed by atoms with Gasteiger partial charge in [-0.05, 0) is 25.0 Å². The van der Waals surface area contributed by atoms with E-state index in [0.717, 1.165) is 24.9 Å². The van der Waals surface area contributed by atoms with E-state index in [1.54, 1.807) is 18.3 Å². The molecule has 1 aliphatic rings. The first-order valence-corrected chi connectivity index (χ1v) is 5.88. The average molecular weight is 250 g/mol. The van der Waals surface area contributed by atoms with Crippen LogP contribution in [0.4, 0.5) is 5.82 Å². The Morgan fingerprint density at radius 3 is 3.00 bits per heavy atom. The highest BCUT2D eigenvalue weighted by molar-refractivity contribution is 7.80. The van der Waals surface area contributed by atoms with Gasteiger partial charge in [-0.3, -0.25) is 4.79 Å². The van der Waals surface area contributed by atoms with Gasteiger partial charge >= 0.3 is 0 Å². The van der Waals surface area contributed by atoms with Gasteiger partial charge < -0.3 is 16.4 Å². The predicted molar refractivity (Wildman–Crippen MR) is 69.8 cm³/mol. The molecule has 1 aliphatic heterocycles. The Labute approximate surface area is 105 Å². The van der Waals surface area contributed by atoms with E-state index in [0.29, 0.717) is 10.8 Å². The minimum absolute atomic E-state index is 0.0245. The fraction of sp³-hybridized carbons (Fsp3) is 0.364. The summed E-state index contributed by atoms with van der Waals surface area (Å²) in [4.78, 5) is 16.0. The molecule has 1 aromatic heterocycles. The molecular weight excluding hydrogens is 236 g/mol. The molecule has 1 fully saturated rings. The van der Waals surface area contributed by atoms with E-state index in [9.17, 15) is 4.79 Å². The lowest BCUT2D eigenvalue weighted by Crippen LogP contribution is -2.44. The van der Waals surface area contributed by atoms with E-state index >= 15 is 0 Å². The van der Waals surface area contributed by atoms with Crippen LogP contribution in [0.5, 0.6) is 0 Å². The number of rotatable bonds is 3. The zero-order chi connectivity index (χ0) is 12.3. The first-order chi connectivity index (χ1) is 8.16. The number of hydrogen-bond acceptors (Lipinski definition) is 4. The van der Waals surface area contributed by atoms with Crippen LogP contribution in [0.1, 0.15) is 18.4 Å². The third-order valence-corrected chi connectivity index (χ3v) is 2.89. The molecule has 1 unspecified atom stereocenters. The van der Waals surface area contributed by atoms with Gasteiger partial charge in [-0.1, -0.05) is 12.2 Å². The summed E-state index contributed by atoms with van der Waals surface area (Å²) in [6.07, 6.45) is 3.41. The van der Waals surface area contributed by atoms with Crippen molar-refractivity contribution in [2.45, 2.75) is 18.9 Å². The van der Waals surface area contributed by atoms with Crippen LogP contribution in [0.3, 0.4) is 0 Å². The van der Waals surface area contributed by atoms with Crippen molar-refractivity contribution in [1.82, 2.24) is 10.3 Å². The fourth-order valence-corrected chi connectivity index (χ4v) is 1.83.